The highest BCUT2D eigenvalue weighted by Gasteiger charge is 2.16. The average Bonchev–Trinajstić information content (AvgIpc) is 2.48. The number of nitrogens with one attached hydrogen (secondary N) is 2. The molecule has 6 heteroatoms. The van der Waals surface area contributed by atoms with Gasteiger partial charge in [0.2, 0.25) is 0 Å². The molecule has 0 fully saturated rings. The van der Waals surface area contributed by atoms with Crippen LogP contribution in [-0.2, 0) is 23.0 Å². The van der Waals surface area contributed by atoms with Crippen molar-refractivity contribution in [2.45, 2.75) is 24.8 Å². The first-order valence-corrected chi connectivity index (χ1v) is 8.24. The normalized spacial score (nSPS) is 11.3. The van der Waals surface area contributed by atoms with E-state index in [0.29, 0.717) is 12.2 Å². The van der Waals surface area contributed by atoms with Gasteiger partial charge in [-0.1, -0.05) is 13.0 Å². The van der Waals surface area contributed by atoms with Crippen LogP contribution in [0.5, 0.6) is 0 Å². The Morgan fingerprint density at radius 2 is 2.00 bits per heavy atom. The van der Waals surface area contributed by atoms with Crippen LogP contribution >= 0.6 is 0 Å². The van der Waals surface area contributed by atoms with Gasteiger partial charge in [0.25, 0.3) is 10.0 Å². The summed E-state index contributed by atoms with van der Waals surface area (Å²) in [5, 5.41) is 3.06. The number of sulfonamides is 1. The van der Waals surface area contributed by atoms with Crippen molar-refractivity contribution in [3.8, 4) is 0 Å². The van der Waals surface area contributed by atoms with Gasteiger partial charge in [-0.3, -0.25) is 9.71 Å². The summed E-state index contributed by atoms with van der Waals surface area (Å²) in [6, 6.07) is 8.57. The van der Waals surface area contributed by atoms with Gasteiger partial charge in [-0.05, 0) is 48.9 Å². The smallest absolute Gasteiger partial charge is 0.261 e. The zero-order chi connectivity index (χ0) is 15.3. The highest BCUT2D eigenvalue weighted by Crippen LogP contribution is 2.19. The molecule has 0 saturated carbocycles. The molecule has 0 aliphatic rings. The largest absolute Gasteiger partial charge is 0.316 e. The van der Waals surface area contributed by atoms with Gasteiger partial charge in [-0.25, -0.2) is 8.42 Å². The van der Waals surface area contributed by atoms with Gasteiger partial charge < -0.3 is 5.32 Å². The Bertz CT molecular complexity index is 700. The van der Waals surface area contributed by atoms with E-state index < -0.39 is 10.0 Å². The predicted octanol–water partition coefficient (Wildman–Crippen LogP) is 2.16. The van der Waals surface area contributed by atoms with Crippen LogP contribution in [0, 0.1) is 0 Å². The third-order valence-corrected chi connectivity index (χ3v) is 4.53. The number of benzene rings is 1. The molecule has 5 nitrogen and oxygen atoms in total. The van der Waals surface area contributed by atoms with Crippen molar-refractivity contribution < 1.29 is 8.42 Å². The molecule has 2 N–H and O–H groups in total. The summed E-state index contributed by atoms with van der Waals surface area (Å²) >= 11 is 0. The highest BCUT2D eigenvalue weighted by atomic mass is 32.2. The molecule has 0 aliphatic carbocycles. The van der Waals surface area contributed by atoms with E-state index in [2.05, 4.69) is 21.9 Å². The second-order valence-electron chi connectivity index (χ2n) is 4.66. The van der Waals surface area contributed by atoms with Crippen LogP contribution in [0.2, 0.25) is 0 Å². The molecule has 1 heterocycles. The van der Waals surface area contributed by atoms with Crippen LogP contribution in [0.3, 0.4) is 0 Å². The molecule has 0 bridgehead atoms. The summed E-state index contributed by atoms with van der Waals surface area (Å²) in [5.74, 6) is 0. The van der Waals surface area contributed by atoms with Crippen LogP contribution in [-0.4, -0.2) is 20.4 Å². The monoisotopic (exact) mass is 305 g/mol. The Balaban J connectivity index is 2.34. The number of pyridine rings is 1. The molecular weight excluding hydrogens is 286 g/mol. The van der Waals surface area contributed by atoms with E-state index in [1.807, 2.05) is 13.1 Å². The number of aryl methyl sites for hydroxylation is 1. The van der Waals surface area contributed by atoms with E-state index in [1.165, 1.54) is 6.20 Å². The molecule has 2 aromatic rings. The van der Waals surface area contributed by atoms with Crippen molar-refractivity contribution >= 4 is 15.7 Å². The molecule has 0 aliphatic heterocycles. The van der Waals surface area contributed by atoms with Gasteiger partial charge >= 0.3 is 0 Å². The number of anilines is 1. The van der Waals surface area contributed by atoms with Gasteiger partial charge in [0, 0.05) is 12.7 Å². The third-order valence-electron chi connectivity index (χ3n) is 3.15. The Morgan fingerprint density at radius 3 is 2.62 bits per heavy atom. The number of hydrogen-bond donors (Lipinski definition) is 2. The fourth-order valence-electron chi connectivity index (χ4n) is 2.11. The van der Waals surface area contributed by atoms with Crippen molar-refractivity contribution in [3.05, 3.63) is 53.9 Å². The fraction of sp³-hybridized carbons (Fsp3) is 0.267. The highest BCUT2D eigenvalue weighted by molar-refractivity contribution is 7.92. The Morgan fingerprint density at radius 1 is 1.19 bits per heavy atom. The maximum Gasteiger partial charge on any atom is 0.261 e. The van der Waals surface area contributed by atoms with E-state index in [4.69, 9.17) is 0 Å². The average molecular weight is 305 g/mol. The molecule has 0 saturated heterocycles. The van der Waals surface area contributed by atoms with Crippen molar-refractivity contribution in [3.63, 3.8) is 0 Å². The van der Waals surface area contributed by atoms with E-state index in [-0.39, 0.29) is 4.90 Å². The predicted molar refractivity (Wildman–Crippen MR) is 83.6 cm³/mol. The Kier molecular flexibility index (Phi) is 4.93. The van der Waals surface area contributed by atoms with Gasteiger partial charge in [0.15, 0.2) is 0 Å². The number of rotatable bonds is 6. The SMILES string of the molecule is CCc1ccc(S(=O)(=O)Nc2cccnc2)cc1CNC. The summed E-state index contributed by atoms with van der Waals surface area (Å²) in [7, 11) is -1.76. The first-order valence-electron chi connectivity index (χ1n) is 6.76. The Labute approximate surface area is 125 Å². The van der Waals surface area contributed by atoms with Gasteiger partial charge in [-0.2, -0.15) is 0 Å². The standard InChI is InChI=1S/C15H19N3O2S/c1-3-12-6-7-15(9-13(12)10-16-2)21(19,20)18-14-5-4-8-17-11-14/h4-9,11,16,18H,3,10H2,1-2H3. The molecule has 2 rings (SSSR count). The summed E-state index contributed by atoms with van der Waals surface area (Å²) in [6.07, 6.45) is 3.94. The summed E-state index contributed by atoms with van der Waals surface area (Å²) < 4.78 is 27.3. The summed E-state index contributed by atoms with van der Waals surface area (Å²) in [4.78, 5) is 4.16. The minimum Gasteiger partial charge on any atom is -0.316 e. The lowest BCUT2D eigenvalue weighted by Gasteiger charge is -2.12. The lowest BCUT2D eigenvalue weighted by Crippen LogP contribution is -2.15. The summed E-state index contributed by atoms with van der Waals surface area (Å²) in [5.41, 5.74) is 2.59. The quantitative estimate of drug-likeness (QED) is 0.858. The lowest BCUT2D eigenvalue weighted by atomic mass is 10.1. The lowest BCUT2D eigenvalue weighted by molar-refractivity contribution is 0.601. The van der Waals surface area contributed by atoms with Crippen molar-refractivity contribution in [2.75, 3.05) is 11.8 Å². The molecule has 0 radical (unpaired) electrons. The van der Waals surface area contributed by atoms with E-state index in [1.54, 1.807) is 30.5 Å². The number of hydrogen-bond acceptors (Lipinski definition) is 4. The molecule has 0 amide bonds. The third kappa shape index (κ3) is 3.80. The van der Waals surface area contributed by atoms with E-state index >= 15 is 0 Å². The minimum atomic E-state index is -3.60. The molecule has 0 spiro atoms. The first kappa shape index (κ1) is 15.5. The molecule has 1 aromatic heterocycles. The maximum absolute atomic E-state index is 12.4. The molecule has 112 valence electrons. The topological polar surface area (TPSA) is 71.1 Å². The van der Waals surface area contributed by atoms with Crippen LogP contribution in [0.25, 0.3) is 0 Å². The molecular formula is C15H19N3O2S. The van der Waals surface area contributed by atoms with Crippen molar-refractivity contribution in [2.24, 2.45) is 0 Å². The number of aromatic nitrogens is 1. The zero-order valence-corrected chi connectivity index (χ0v) is 12.9. The molecule has 0 atom stereocenters. The zero-order valence-electron chi connectivity index (χ0n) is 12.1. The van der Waals surface area contributed by atoms with Gasteiger partial charge in [-0.15, -0.1) is 0 Å². The second-order valence-corrected chi connectivity index (χ2v) is 6.34. The molecule has 0 unspecified atom stereocenters. The van der Waals surface area contributed by atoms with E-state index in [9.17, 15) is 8.42 Å². The van der Waals surface area contributed by atoms with Crippen molar-refractivity contribution in [1.82, 2.24) is 10.3 Å². The van der Waals surface area contributed by atoms with Gasteiger partial charge in [0.1, 0.15) is 0 Å². The molecule has 1 aromatic carbocycles. The van der Waals surface area contributed by atoms with Crippen molar-refractivity contribution in [1.29, 1.82) is 0 Å². The summed E-state index contributed by atoms with van der Waals surface area (Å²) in [6.45, 7) is 2.69. The Hall–Kier alpha value is -1.92. The second kappa shape index (κ2) is 6.69. The van der Waals surface area contributed by atoms with Crippen LogP contribution in [0.15, 0.2) is 47.6 Å². The maximum atomic E-state index is 12.4. The number of nitrogens with zero attached hydrogens (tertiary/aromatic N) is 1. The van der Waals surface area contributed by atoms with Crippen LogP contribution in [0.4, 0.5) is 5.69 Å². The van der Waals surface area contributed by atoms with Crippen LogP contribution in [0.1, 0.15) is 18.1 Å². The minimum absolute atomic E-state index is 0.258. The van der Waals surface area contributed by atoms with Gasteiger partial charge in [0.05, 0.1) is 16.8 Å². The fourth-order valence-corrected chi connectivity index (χ4v) is 3.20. The van der Waals surface area contributed by atoms with Crippen LogP contribution < -0.4 is 10.0 Å². The first-order chi connectivity index (χ1) is 10.1. The van der Waals surface area contributed by atoms with E-state index in [0.717, 1.165) is 17.5 Å². The molecule has 21 heavy (non-hydrogen) atoms.